The van der Waals surface area contributed by atoms with Crippen molar-refractivity contribution in [2.75, 3.05) is 0 Å². The number of rotatable bonds is 0. The molecule has 1 heteroatoms. The second-order valence-electron chi connectivity index (χ2n) is 6.29. The van der Waals surface area contributed by atoms with E-state index in [4.69, 9.17) is 0 Å². The summed E-state index contributed by atoms with van der Waals surface area (Å²) in [6.45, 7) is 0. The number of fused-ring (bicyclic) bond motifs is 2. The Bertz CT molecular complexity index is 675. The molecule has 0 saturated heterocycles. The average Bonchev–Trinajstić information content (AvgIpc) is 2.72. The lowest BCUT2D eigenvalue weighted by molar-refractivity contribution is -0.117. The van der Waals surface area contributed by atoms with E-state index in [1.54, 1.807) is 0 Å². The van der Waals surface area contributed by atoms with Crippen molar-refractivity contribution in [2.45, 2.75) is 32.1 Å². The Morgan fingerprint density at radius 3 is 2.80 bits per heavy atom. The van der Waals surface area contributed by atoms with Crippen molar-refractivity contribution >= 4 is 11.4 Å². The van der Waals surface area contributed by atoms with Crippen LogP contribution in [0.4, 0.5) is 0 Å². The maximum atomic E-state index is 11.7. The lowest BCUT2D eigenvalue weighted by Gasteiger charge is -2.30. The van der Waals surface area contributed by atoms with E-state index in [0.29, 0.717) is 5.78 Å². The van der Waals surface area contributed by atoms with E-state index >= 15 is 0 Å². The number of ketones is 1. The van der Waals surface area contributed by atoms with Crippen LogP contribution in [0.2, 0.25) is 0 Å². The van der Waals surface area contributed by atoms with Crippen molar-refractivity contribution < 1.29 is 4.79 Å². The molecule has 0 aromatic heterocycles. The molecule has 100 valence electrons. The Morgan fingerprint density at radius 1 is 1.05 bits per heavy atom. The van der Waals surface area contributed by atoms with Crippen LogP contribution in [0, 0.1) is 5.41 Å². The number of hydrogen-bond acceptors (Lipinski definition) is 1. The largest absolute Gasteiger partial charge is 0.300 e. The summed E-state index contributed by atoms with van der Waals surface area (Å²) < 4.78 is 0. The zero-order valence-corrected chi connectivity index (χ0v) is 11.6. The zero-order valence-electron chi connectivity index (χ0n) is 11.6. The third-order valence-electron chi connectivity index (χ3n) is 4.92. The van der Waals surface area contributed by atoms with Gasteiger partial charge < -0.3 is 0 Å². The number of Topliss-reactive ketones (excluding diaryl/α,β-unsaturated/α-hetero) is 1. The maximum absolute atomic E-state index is 11.7. The van der Waals surface area contributed by atoms with Gasteiger partial charge in [-0.2, -0.15) is 0 Å². The molecule has 0 N–H and O–H groups in total. The Hall–Kier alpha value is -1.89. The van der Waals surface area contributed by atoms with Gasteiger partial charge in [0, 0.05) is 12.8 Å². The predicted molar refractivity (Wildman–Crippen MR) is 81.3 cm³/mol. The van der Waals surface area contributed by atoms with Crippen molar-refractivity contribution in [3.05, 3.63) is 65.3 Å². The first-order valence-electron chi connectivity index (χ1n) is 7.45. The molecular weight excluding hydrogens is 244 g/mol. The normalized spacial score (nSPS) is 27.7. The van der Waals surface area contributed by atoms with Gasteiger partial charge in [0.2, 0.25) is 0 Å². The van der Waals surface area contributed by atoms with Crippen molar-refractivity contribution in [2.24, 2.45) is 5.41 Å². The summed E-state index contributed by atoms with van der Waals surface area (Å²) in [5.74, 6) is 0.427. The fourth-order valence-electron chi connectivity index (χ4n) is 3.84. The third-order valence-corrected chi connectivity index (χ3v) is 4.92. The molecular formula is C19H18O. The average molecular weight is 262 g/mol. The molecule has 1 spiro atoms. The van der Waals surface area contributed by atoms with Crippen molar-refractivity contribution in [3.8, 4) is 0 Å². The van der Waals surface area contributed by atoms with Crippen molar-refractivity contribution in [3.63, 3.8) is 0 Å². The number of carbonyl (C=O) groups is 1. The number of benzene rings is 1. The standard InChI is InChI=1S/C19H18O/c20-16-9-11-19(12-16)10-8-15-6-3-5-14-4-1-2-7-17(14)18(15)13-19/h1-4,6-8,10H,5,9,11-13H2. The lowest BCUT2D eigenvalue weighted by Crippen LogP contribution is -2.18. The molecule has 1 aromatic rings. The van der Waals surface area contributed by atoms with Crippen LogP contribution in [-0.2, 0) is 11.2 Å². The van der Waals surface area contributed by atoms with E-state index < -0.39 is 0 Å². The zero-order chi connectivity index (χ0) is 13.6. The van der Waals surface area contributed by atoms with Gasteiger partial charge in [-0.05, 0) is 47.0 Å². The summed E-state index contributed by atoms with van der Waals surface area (Å²) >= 11 is 0. The van der Waals surface area contributed by atoms with Gasteiger partial charge in [-0.15, -0.1) is 0 Å². The molecule has 1 nitrogen and oxygen atoms in total. The van der Waals surface area contributed by atoms with Crippen LogP contribution in [0.3, 0.4) is 0 Å². The van der Waals surface area contributed by atoms with Gasteiger partial charge in [0.05, 0.1) is 0 Å². The third kappa shape index (κ3) is 1.81. The summed E-state index contributed by atoms with van der Waals surface area (Å²) in [5, 5.41) is 0. The van der Waals surface area contributed by atoms with Crippen molar-refractivity contribution in [1.29, 1.82) is 0 Å². The monoisotopic (exact) mass is 262 g/mol. The molecule has 3 aliphatic carbocycles. The van der Waals surface area contributed by atoms with Gasteiger partial charge in [-0.1, -0.05) is 48.6 Å². The molecule has 1 saturated carbocycles. The minimum atomic E-state index is 0.0984. The number of hydrogen-bond donors (Lipinski definition) is 0. The smallest absolute Gasteiger partial charge is 0.133 e. The van der Waals surface area contributed by atoms with Crippen LogP contribution in [-0.4, -0.2) is 5.78 Å². The van der Waals surface area contributed by atoms with Gasteiger partial charge in [0.1, 0.15) is 5.78 Å². The van der Waals surface area contributed by atoms with E-state index in [-0.39, 0.29) is 5.41 Å². The number of allylic oxidation sites excluding steroid dienone is 6. The summed E-state index contributed by atoms with van der Waals surface area (Å²) in [6.07, 6.45) is 13.6. The molecule has 3 aliphatic rings. The van der Waals surface area contributed by atoms with Crippen LogP contribution in [0.15, 0.2) is 54.1 Å². The Kier molecular flexibility index (Phi) is 2.56. The van der Waals surface area contributed by atoms with Crippen LogP contribution in [0.25, 0.3) is 5.57 Å². The first-order valence-corrected chi connectivity index (χ1v) is 7.45. The minimum Gasteiger partial charge on any atom is -0.300 e. The summed E-state index contributed by atoms with van der Waals surface area (Å²) in [5.41, 5.74) is 5.66. The summed E-state index contributed by atoms with van der Waals surface area (Å²) in [4.78, 5) is 11.7. The second-order valence-corrected chi connectivity index (χ2v) is 6.29. The van der Waals surface area contributed by atoms with Crippen molar-refractivity contribution in [1.82, 2.24) is 0 Å². The molecule has 0 amide bonds. The Balaban J connectivity index is 1.81. The highest BCUT2D eigenvalue weighted by molar-refractivity contribution is 5.85. The predicted octanol–water partition coefficient (Wildman–Crippen LogP) is 4.25. The molecule has 0 bridgehead atoms. The fourth-order valence-corrected chi connectivity index (χ4v) is 3.84. The fraction of sp³-hybridized carbons (Fsp3) is 0.316. The maximum Gasteiger partial charge on any atom is 0.133 e. The quantitative estimate of drug-likeness (QED) is 0.683. The molecule has 1 fully saturated rings. The molecule has 4 rings (SSSR count). The van der Waals surface area contributed by atoms with Gasteiger partial charge in [0.25, 0.3) is 0 Å². The Morgan fingerprint density at radius 2 is 1.95 bits per heavy atom. The van der Waals surface area contributed by atoms with Gasteiger partial charge in [-0.3, -0.25) is 4.79 Å². The summed E-state index contributed by atoms with van der Waals surface area (Å²) in [7, 11) is 0. The van der Waals surface area contributed by atoms with E-state index in [1.807, 2.05) is 0 Å². The van der Waals surface area contributed by atoms with Gasteiger partial charge >= 0.3 is 0 Å². The first-order chi connectivity index (χ1) is 9.76. The van der Waals surface area contributed by atoms with Crippen LogP contribution in [0.5, 0.6) is 0 Å². The first kappa shape index (κ1) is 11.9. The van der Waals surface area contributed by atoms with E-state index in [2.05, 4.69) is 48.6 Å². The molecule has 0 radical (unpaired) electrons. The Labute approximate surface area is 119 Å². The van der Waals surface area contributed by atoms with Crippen LogP contribution < -0.4 is 0 Å². The molecule has 1 aromatic carbocycles. The highest BCUT2D eigenvalue weighted by Gasteiger charge is 2.39. The van der Waals surface area contributed by atoms with E-state index in [9.17, 15) is 4.79 Å². The molecule has 1 unspecified atom stereocenters. The molecule has 0 heterocycles. The van der Waals surface area contributed by atoms with E-state index in [0.717, 1.165) is 32.1 Å². The lowest BCUT2D eigenvalue weighted by atomic mass is 9.73. The topological polar surface area (TPSA) is 17.1 Å². The second kappa shape index (κ2) is 4.31. The summed E-state index contributed by atoms with van der Waals surface area (Å²) in [6, 6.07) is 8.70. The minimum absolute atomic E-state index is 0.0984. The molecule has 20 heavy (non-hydrogen) atoms. The highest BCUT2D eigenvalue weighted by Crippen LogP contribution is 2.49. The van der Waals surface area contributed by atoms with Crippen LogP contribution >= 0.6 is 0 Å². The van der Waals surface area contributed by atoms with E-state index in [1.165, 1.54) is 22.3 Å². The van der Waals surface area contributed by atoms with Gasteiger partial charge in [-0.25, -0.2) is 0 Å². The number of carbonyl (C=O) groups excluding carboxylic acids is 1. The molecule has 0 aliphatic heterocycles. The van der Waals surface area contributed by atoms with Crippen LogP contribution in [0.1, 0.15) is 36.8 Å². The molecule has 1 atom stereocenters. The van der Waals surface area contributed by atoms with Gasteiger partial charge in [0.15, 0.2) is 0 Å². The highest BCUT2D eigenvalue weighted by atomic mass is 16.1. The SMILES string of the molecule is O=C1CCC2(C=CC3=C(C2)c2ccccc2CC=C3)C1.